The van der Waals surface area contributed by atoms with Gasteiger partial charge in [0.05, 0.1) is 12.0 Å². The Labute approximate surface area is 88.1 Å². The van der Waals surface area contributed by atoms with Crippen molar-refractivity contribution in [3.8, 4) is 0 Å². The summed E-state index contributed by atoms with van der Waals surface area (Å²) >= 11 is 1.15. The van der Waals surface area contributed by atoms with Gasteiger partial charge in [-0.3, -0.25) is 0 Å². The quantitative estimate of drug-likeness (QED) is 0.705. The Morgan fingerprint density at radius 2 is 2.14 bits per heavy atom. The molecule has 0 N–H and O–H groups in total. The van der Waals surface area contributed by atoms with Gasteiger partial charge < -0.3 is 4.18 Å². The van der Waals surface area contributed by atoms with Crippen molar-refractivity contribution < 1.29 is 8.98 Å². The van der Waals surface area contributed by atoms with Crippen molar-refractivity contribution in [3.05, 3.63) is 30.1 Å². The fourth-order valence-corrected chi connectivity index (χ4v) is 1.10. The summed E-state index contributed by atoms with van der Waals surface area (Å²) in [5.41, 5.74) is 0.337. The second kappa shape index (κ2) is 4.46. The van der Waals surface area contributed by atoms with Crippen LogP contribution < -0.4 is 0 Å². The molecule has 1 heterocycles. The molecule has 0 fully saturated rings. The van der Waals surface area contributed by atoms with Crippen LogP contribution in [0.2, 0.25) is 0 Å². The maximum atomic E-state index is 11.4. The van der Waals surface area contributed by atoms with Gasteiger partial charge in [-0.2, -0.15) is 0 Å². The predicted molar refractivity (Wildman–Crippen MR) is 57.0 cm³/mol. The predicted octanol–water partition coefficient (Wildman–Crippen LogP) is 2.69. The first-order valence-electron chi connectivity index (χ1n) is 4.30. The van der Waals surface area contributed by atoms with Gasteiger partial charge in [-0.1, -0.05) is 6.07 Å². The summed E-state index contributed by atoms with van der Waals surface area (Å²) in [6, 6.07) is 5.14. The van der Waals surface area contributed by atoms with E-state index in [-0.39, 0.29) is 4.75 Å². The molecule has 76 valence electrons. The number of hydrogen-bond acceptors (Lipinski definition) is 4. The normalized spacial score (nSPS) is 11.1. The van der Waals surface area contributed by atoms with Crippen LogP contribution in [0.3, 0.4) is 0 Å². The van der Waals surface area contributed by atoms with Crippen LogP contribution >= 0.6 is 12.0 Å². The molecule has 3 nitrogen and oxygen atoms in total. The first-order valence-corrected chi connectivity index (χ1v) is 5.04. The molecule has 0 saturated carbocycles. The van der Waals surface area contributed by atoms with Gasteiger partial charge in [-0.05, 0) is 32.9 Å². The molecule has 14 heavy (non-hydrogen) atoms. The molecule has 4 heteroatoms. The second-order valence-corrected chi connectivity index (χ2v) is 5.34. The van der Waals surface area contributed by atoms with Crippen LogP contribution in [0.1, 0.15) is 31.3 Å². The van der Waals surface area contributed by atoms with Crippen LogP contribution in [0.25, 0.3) is 0 Å². The summed E-state index contributed by atoms with van der Waals surface area (Å²) in [6.07, 6.45) is 1.57. The Morgan fingerprint density at radius 3 is 2.64 bits per heavy atom. The number of carbonyl (C=O) groups is 1. The third-order valence-electron chi connectivity index (χ3n) is 1.24. The standard InChI is InChI=1S/C10H13NO2S/c1-10(2,3)14-13-9(12)8-6-4-5-7-11-8/h4-7H,1-3H3. The van der Waals surface area contributed by atoms with E-state index in [1.54, 1.807) is 24.4 Å². The topological polar surface area (TPSA) is 39.2 Å². The van der Waals surface area contributed by atoms with Crippen LogP contribution in [-0.4, -0.2) is 15.7 Å². The van der Waals surface area contributed by atoms with E-state index in [0.717, 1.165) is 12.0 Å². The van der Waals surface area contributed by atoms with E-state index in [0.29, 0.717) is 5.69 Å². The van der Waals surface area contributed by atoms with Gasteiger partial charge in [0.1, 0.15) is 5.69 Å². The monoisotopic (exact) mass is 211 g/mol. The lowest BCUT2D eigenvalue weighted by atomic mass is 10.3. The summed E-state index contributed by atoms with van der Waals surface area (Å²) in [4.78, 5) is 15.3. The van der Waals surface area contributed by atoms with E-state index in [2.05, 4.69) is 4.98 Å². The molecular formula is C10H13NO2S. The van der Waals surface area contributed by atoms with Gasteiger partial charge in [-0.25, -0.2) is 9.78 Å². The smallest absolute Gasteiger partial charge is 0.368 e. The molecule has 0 aliphatic rings. The van der Waals surface area contributed by atoms with Crippen LogP contribution in [0.5, 0.6) is 0 Å². The SMILES string of the molecule is CC(C)(C)SOC(=O)c1ccccn1. The van der Waals surface area contributed by atoms with Crippen molar-refractivity contribution in [1.82, 2.24) is 4.98 Å². The van der Waals surface area contributed by atoms with Gasteiger partial charge in [0.15, 0.2) is 0 Å². The van der Waals surface area contributed by atoms with Crippen LogP contribution in [0.4, 0.5) is 0 Å². The second-order valence-electron chi connectivity index (χ2n) is 3.78. The van der Waals surface area contributed by atoms with Crippen LogP contribution in [-0.2, 0) is 4.18 Å². The number of hydrogen-bond donors (Lipinski definition) is 0. The Bertz CT molecular complexity index is 306. The summed E-state index contributed by atoms with van der Waals surface area (Å²) in [5.74, 6) is -0.398. The Balaban J connectivity index is 2.52. The first kappa shape index (κ1) is 11.0. The van der Waals surface area contributed by atoms with Crippen molar-refractivity contribution in [2.45, 2.75) is 25.5 Å². The lowest BCUT2D eigenvalue weighted by molar-refractivity contribution is 0.0759. The molecular weight excluding hydrogens is 198 g/mol. The van der Waals surface area contributed by atoms with Gasteiger partial charge >= 0.3 is 5.97 Å². The van der Waals surface area contributed by atoms with E-state index in [9.17, 15) is 4.79 Å². The Morgan fingerprint density at radius 1 is 1.43 bits per heavy atom. The highest BCUT2D eigenvalue weighted by molar-refractivity contribution is 7.96. The Kier molecular flexibility index (Phi) is 3.52. The van der Waals surface area contributed by atoms with E-state index in [4.69, 9.17) is 4.18 Å². The lowest BCUT2D eigenvalue weighted by Gasteiger charge is -2.14. The zero-order chi connectivity index (χ0) is 10.6. The molecule has 0 saturated heterocycles. The maximum Gasteiger partial charge on any atom is 0.368 e. The molecule has 0 aliphatic carbocycles. The lowest BCUT2D eigenvalue weighted by Crippen LogP contribution is -2.12. The summed E-state index contributed by atoms with van der Waals surface area (Å²) < 4.78 is 4.91. The van der Waals surface area contributed by atoms with Crippen LogP contribution in [0.15, 0.2) is 24.4 Å². The van der Waals surface area contributed by atoms with Crippen molar-refractivity contribution in [2.75, 3.05) is 0 Å². The molecule has 0 radical (unpaired) electrons. The number of carbonyl (C=O) groups excluding carboxylic acids is 1. The molecule has 0 bridgehead atoms. The van der Waals surface area contributed by atoms with E-state index in [1.165, 1.54) is 0 Å². The molecule has 0 aliphatic heterocycles. The van der Waals surface area contributed by atoms with E-state index < -0.39 is 5.97 Å². The number of rotatable bonds is 2. The summed E-state index contributed by atoms with van der Waals surface area (Å²) in [7, 11) is 0. The van der Waals surface area contributed by atoms with E-state index in [1.807, 2.05) is 20.8 Å². The molecule has 0 unspecified atom stereocenters. The molecule has 1 aromatic rings. The first-order chi connectivity index (χ1) is 6.49. The van der Waals surface area contributed by atoms with Crippen molar-refractivity contribution in [2.24, 2.45) is 0 Å². The third-order valence-corrected chi connectivity index (χ3v) is 1.98. The highest BCUT2D eigenvalue weighted by Gasteiger charge is 2.17. The zero-order valence-corrected chi connectivity index (χ0v) is 9.30. The summed E-state index contributed by atoms with van der Waals surface area (Å²) in [5, 5.41) is 0. The zero-order valence-electron chi connectivity index (χ0n) is 8.48. The minimum Gasteiger partial charge on any atom is -0.386 e. The molecule has 0 aromatic carbocycles. The summed E-state index contributed by atoms with van der Waals surface area (Å²) in [6.45, 7) is 5.93. The van der Waals surface area contributed by atoms with Crippen molar-refractivity contribution in [3.63, 3.8) is 0 Å². The third kappa shape index (κ3) is 3.79. The minimum absolute atomic E-state index is 0.0928. The number of aromatic nitrogens is 1. The highest BCUT2D eigenvalue weighted by Crippen LogP contribution is 2.24. The fraction of sp³-hybridized carbons (Fsp3) is 0.400. The highest BCUT2D eigenvalue weighted by atomic mass is 32.2. The number of pyridine rings is 1. The van der Waals surface area contributed by atoms with Crippen LogP contribution in [0, 0.1) is 0 Å². The van der Waals surface area contributed by atoms with Crippen molar-refractivity contribution >= 4 is 18.0 Å². The van der Waals surface area contributed by atoms with Gasteiger partial charge in [0, 0.05) is 10.9 Å². The van der Waals surface area contributed by atoms with E-state index >= 15 is 0 Å². The molecule has 1 aromatic heterocycles. The van der Waals surface area contributed by atoms with Gasteiger partial charge in [0.2, 0.25) is 0 Å². The van der Waals surface area contributed by atoms with Crippen molar-refractivity contribution in [1.29, 1.82) is 0 Å². The molecule has 1 rings (SSSR count). The largest absolute Gasteiger partial charge is 0.386 e. The minimum atomic E-state index is -0.398. The Hall–Kier alpha value is -1.03. The maximum absolute atomic E-state index is 11.4. The number of nitrogens with zero attached hydrogens (tertiary/aromatic N) is 1. The average molecular weight is 211 g/mol. The molecule has 0 amide bonds. The fourth-order valence-electron chi connectivity index (χ4n) is 0.689. The average Bonchev–Trinajstić information content (AvgIpc) is 2.14. The van der Waals surface area contributed by atoms with Gasteiger partial charge in [0.25, 0.3) is 0 Å². The molecule has 0 atom stereocenters. The molecule has 0 spiro atoms. The van der Waals surface area contributed by atoms with Gasteiger partial charge in [-0.15, -0.1) is 0 Å².